The van der Waals surface area contributed by atoms with Crippen LogP contribution >= 0.6 is 0 Å². The van der Waals surface area contributed by atoms with E-state index in [1.54, 1.807) is 26.4 Å². The zero-order valence-corrected chi connectivity index (χ0v) is 21.4. The number of halogens is 1. The minimum absolute atomic E-state index is 0.133. The normalized spacial score (nSPS) is 13.3. The van der Waals surface area contributed by atoms with E-state index in [1.807, 2.05) is 12.1 Å². The van der Waals surface area contributed by atoms with Crippen LogP contribution in [0.4, 0.5) is 4.39 Å². The van der Waals surface area contributed by atoms with Crippen molar-refractivity contribution in [3.63, 3.8) is 0 Å². The molecule has 0 atom stereocenters. The molecule has 7 nitrogen and oxygen atoms in total. The molecule has 1 aliphatic heterocycles. The van der Waals surface area contributed by atoms with E-state index in [4.69, 9.17) is 18.9 Å². The first-order chi connectivity index (χ1) is 15.5. The van der Waals surface area contributed by atoms with Gasteiger partial charge in [0.1, 0.15) is 0 Å². The van der Waals surface area contributed by atoms with Crippen molar-refractivity contribution < 1.29 is 52.9 Å². The van der Waals surface area contributed by atoms with Crippen LogP contribution in [0.15, 0.2) is 24.3 Å². The summed E-state index contributed by atoms with van der Waals surface area (Å²) in [5.41, 5.74) is 2.81. The topological polar surface area (TPSA) is 69.3 Å². The molecule has 0 fully saturated rings. The van der Waals surface area contributed by atoms with Crippen LogP contribution < -0.4 is 27.5 Å². The van der Waals surface area contributed by atoms with Gasteiger partial charge in [-0.05, 0) is 0 Å². The van der Waals surface area contributed by atoms with Crippen LogP contribution in [0.1, 0.15) is 21.5 Å². The van der Waals surface area contributed by atoms with Gasteiger partial charge in [-0.15, -0.1) is 0 Å². The third kappa shape index (κ3) is 5.81. The molecule has 0 spiro atoms. The Morgan fingerprint density at radius 1 is 1.06 bits per heavy atom. The van der Waals surface area contributed by atoms with Crippen LogP contribution in [0.3, 0.4) is 0 Å². The van der Waals surface area contributed by atoms with Crippen LogP contribution in [-0.4, -0.2) is 65.1 Å². The number of ether oxygens (including phenoxy) is 4. The molecule has 3 rings (SSSR count). The predicted molar refractivity (Wildman–Crippen MR) is 115 cm³/mol. The fourth-order valence-electron chi connectivity index (χ4n) is 3.73. The maximum atomic E-state index is 12.9. The van der Waals surface area contributed by atoms with Crippen LogP contribution in [0.5, 0.6) is 23.0 Å². The standard InChI is InChI=1S/C23H28AtFN2O5/c1-29-19-10-15-4-7-27(14-16(15)11-20(19)30-2)8-6-26-23(28)18-12-17(24)13-21(31-3)22(18)32-9-5-25/h10-13H,4-9,14H2,1-3H3,(H,26,28)/i24+1. The summed E-state index contributed by atoms with van der Waals surface area (Å²) in [5, 5.41) is 2.96. The van der Waals surface area contributed by atoms with E-state index in [0.717, 1.165) is 34.3 Å². The van der Waals surface area contributed by atoms with Crippen LogP contribution in [0.2, 0.25) is 0 Å². The van der Waals surface area contributed by atoms with Crippen molar-refractivity contribution >= 4 is 9.18 Å². The van der Waals surface area contributed by atoms with Gasteiger partial charge in [-0.3, -0.25) is 0 Å². The van der Waals surface area contributed by atoms with Gasteiger partial charge < -0.3 is 9.47 Å². The van der Waals surface area contributed by atoms with Gasteiger partial charge in [0.25, 0.3) is 0 Å². The number of rotatable bonds is 10. The maximum absolute atomic E-state index is 12.9. The van der Waals surface area contributed by atoms with E-state index in [0.29, 0.717) is 24.4 Å². The van der Waals surface area contributed by atoms with Gasteiger partial charge in [-0.2, -0.15) is 0 Å². The van der Waals surface area contributed by atoms with Crippen molar-refractivity contribution in [3.8, 4) is 23.0 Å². The summed E-state index contributed by atoms with van der Waals surface area (Å²) < 4.78 is 35.2. The summed E-state index contributed by atoms with van der Waals surface area (Å²) in [6, 6.07) is 7.60. The van der Waals surface area contributed by atoms with E-state index in [9.17, 15) is 9.18 Å². The molecule has 0 radical (unpaired) electrons. The molecule has 0 unspecified atom stereocenters. The fraction of sp³-hybridized carbons (Fsp3) is 0.435. The number of alkyl halides is 1. The van der Waals surface area contributed by atoms with Crippen molar-refractivity contribution in [1.82, 2.24) is 10.2 Å². The predicted octanol–water partition coefficient (Wildman–Crippen LogP) is 2.02. The average Bonchev–Trinajstić information content (AvgIpc) is 2.81. The Bertz CT molecular complexity index is 956. The van der Waals surface area contributed by atoms with Crippen molar-refractivity contribution in [2.75, 3.05) is 54.2 Å². The third-order valence-corrected chi connectivity index (χ3v) is 6.17. The Kier molecular flexibility index (Phi) is 8.94. The van der Waals surface area contributed by atoms with Gasteiger partial charge >= 0.3 is 174 Å². The molecule has 2 aromatic rings. The summed E-state index contributed by atoms with van der Waals surface area (Å²) >= 11 is 1.42. The Morgan fingerprint density at radius 3 is 2.41 bits per heavy atom. The van der Waals surface area contributed by atoms with Crippen LogP contribution in [0.25, 0.3) is 0 Å². The quantitative estimate of drug-likeness (QED) is 0.428. The molecule has 1 aliphatic rings. The van der Waals surface area contributed by atoms with E-state index < -0.39 is 6.67 Å². The van der Waals surface area contributed by atoms with E-state index in [-0.39, 0.29) is 18.3 Å². The van der Waals surface area contributed by atoms with Crippen molar-refractivity contribution in [2.45, 2.75) is 13.0 Å². The van der Waals surface area contributed by atoms with Gasteiger partial charge in [0.2, 0.25) is 0 Å². The number of amides is 1. The summed E-state index contributed by atoms with van der Waals surface area (Å²) in [4.78, 5) is 15.1. The number of nitrogens with zero attached hydrogens (tertiary/aromatic N) is 1. The number of fused-ring (bicyclic) bond motifs is 1. The number of hydrogen-bond acceptors (Lipinski definition) is 6. The fourth-order valence-corrected chi connectivity index (χ4v) is 4.54. The molecule has 0 saturated carbocycles. The van der Waals surface area contributed by atoms with Gasteiger partial charge in [0.15, 0.2) is 5.75 Å². The van der Waals surface area contributed by atoms with Crippen LogP contribution in [-0.2, 0) is 13.0 Å². The Labute approximate surface area is 203 Å². The summed E-state index contributed by atoms with van der Waals surface area (Å²) in [7, 11) is 4.78. The molecule has 9 heteroatoms. The zero-order valence-electron chi connectivity index (χ0n) is 18.5. The second kappa shape index (κ2) is 11.7. The first-order valence-electron chi connectivity index (χ1n) is 10.3. The first-order valence-corrected chi connectivity index (χ1v) is 11.8. The Hall–Kier alpha value is -2.12. The number of nitrogens with one attached hydrogen (secondary N) is 1. The van der Waals surface area contributed by atoms with Gasteiger partial charge in [-0.25, -0.2) is 0 Å². The number of benzene rings is 2. The molecule has 1 N–H and O–H groups in total. The van der Waals surface area contributed by atoms with Gasteiger partial charge in [0, 0.05) is 0 Å². The second-order valence-corrected chi connectivity index (χ2v) is 8.98. The van der Waals surface area contributed by atoms with Crippen molar-refractivity contribution in [3.05, 3.63) is 41.0 Å². The molecule has 0 bridgehead atoms. The number of hydrogen-bond donors (Lipinski definition) is 1. The Balaban J connectivity index is 1.63. The minimum atomic E-state index is -0.644. The summed E-state index contributed by atoms with van der Waals surface area (Å²) in [6.45, 7) is 2.07. The van der Waals surface area contributed by atoms with Crippen LogP contribution in [0, 0.1) is 24.7 Å². The summed E-state index contributed by atoms with van der Waals surface area (Å²) in [5.74, 6) is 1.90. The number of carbonyl (C=O) groups excluding carboxylic acids is 1. The molecule has 174 valence electrons. The molecular formula is C23H28AtFN2O5. The molecule has 1 amide bonds. The molecular weight excluding hydrogens is 614 g/mol. The average molecular weight is 642 g/mol. The SMILES string of the molecule is COc1cc2c(cc1OC)CN(CCNC(=O)c1cc([211At])cc(OC)c1OCCF)CC2. The molecule has 32 heavy (non-hydrogen) atoms. The van der Waals surface area contributed by atoms with E-state index >= 15 is 0 Å². The third-order valence-electron chi connectivity index (χ3n) is 5.32. The molecule has 1 heterocycles. The number of methoxy groups -OCH3 is 3. The van der Waals surface area contributed by atoms with Gasteiger partial charge in [-0.1, -0.05) is 0 Å². The van der Waals surface area contributed by atoms with Crippen molar-refractivity contribution in [2.24, 2.45) is 0 Å². The van der Waals surface area contributed by atoms with Crippen molar-refractivity contribution in [1.29, 1.82) is 0 Å². The first kappa shape index (κ1) is 24.5. The second-order valence-electron chi connectivity index (χ2n) is 7.28. The molecule has 0 aromatic heterocycles. The molecule has 0 aliphatic carbocycles. The zero-order chi connectivity index (χ0) is 23.1. The molecule has 2 aromatic carbocycles. The van der Waals surface area contributed by atoms with Gasteiger partial charge in [0.05, 0.1) is 14.2 Å². The molecule has 0 saturated heterocycles. The Morgan fingerprint density at radius 2 is 1.75 bits per heavy atom. The monoisotopic (exact) mass is 642 g/mol. The van der Waals surface area contributed by atoms with E-state index in [2.05, 4.69) is 10.2 Å². The summed E-state index contributed by atoms with van der Waals surface area (Å²) in [6.07, 6.45) is 0.905. The van der Waals surface area contributed by atoms with E-state index in [1.165, 1.54) is 43.0 Å². The number of carbonyl (C=O) groups is 1.